The Morgan fingerprint density at radius 1 is 0.815 bits per heavy atom. The molecule has 0 aromatic heterocycles. The molecule has 2 saturated carbocycles. The van der Waals surface area contributed by atoms with E-state index in [1.54, 1.807) is 18.2 Å². The third-order valence-electron chi connectivity index (χ3n) is 5.64. The molecule has 0 bridgehead atoms. The first-order valence-corrected chi connectivity index (χ1v) is 9.82. The van der Waals surface area contributed by atoms with Crippen molar-refractivity contribution >= 4 is 11.9 Å². The molecule has 6 heteroatoms. The van der Waals surface area contributed by atoms with Crippen LogP contribution in [0.1, 0.15) is 56.9 Å². The van der Waals surface area contributed by atoms with Gasteiger partial charge in [-0.05, 0) is 82.1 Å². The molecule has 2 aliphatic rings. The average Bonchev–Trinajstić information content (AvgIpc) is 2.65. The summed E-state index contributed by atoms with van der Waals surface area (Å²) in [5, 5.41) is 19.1. The van der Waals surface area contributed by atoms with Gasteiger partial charge in [0.1, 0.15) is 11.5 Å². The number of benzene rings is 1. The highest BCUT2D eigenvalue weighted by molar-refractivity contribution is 5.77. The van der Waals surface area contributed by atoms with Gasteiger partial charge >= 0.3 is 11.9 Å². The van der Waals surface area contributed by atoms with Gasteiger partial charge in [-0.25, -0.2) is 0 Å². The Bertz CT molecular complexity index is 669. The highest BCUT2D eigenvalue weighted by Gasteiger charge is 2.28. The van der Waals surface area contributed by atoms with Crippen molar-refractivity contribution in [2.24, 2.45) is 11.8 Å². The number of ether oxygens (including phenoxy) is 2. The molecule has 27 heavy (non-hydrogen) atoms. The minimum Gasteiger partial charge on any atom is -0.426 e. The summed E-state index contributed by atoms with van der Waals surface area (Å²) in [6.45, 7) is 1.81. The molecule has 2 N–H and O–H groups in total. The summed E-state index contributed by atoms with van der Waals surface area (Å²) in [5.41, 5.74) is 0.726. The number of carbonyl (C=O) groups is 2. The van der Waals surface area contributed by atoms with Crippen molar-refractivity contribution in [1.82, 2.24) is 0 Å². The van der Waals surface area contributed by atoms with Crippen LogP contribution in [0.3, 0.4) is 0 Å². The van der Waals surface area contributed by atoms with E-state index in [1.807, 2.05) is 6.92 Å². The van der Waals surface area contributed by atoms with Crippen LogP contribution in [0.25, 0.3) is 0 Å². The number of aryl methyl sites for hydroxylation is 1. The molecule has 2 fully saturated rings. The summed E-state index contributed by atoms with van der Waals surface area (Å²) in [6.07, 6.45) is 4.48. The van der Waals surface area contributed by atoms with Crippen molar-refractivity contribution < 1.29 is 29.3 Å². The van der Waals surface area contributed by atoms with Crippen molar-refractivity contribution in [3.05, 3.63) is 23.8 Å². The normalized spacial score (nSPS) is 28.4. The molecule has 0 radical (unpaired) electrons. The molecule has 0 atom stereocenters. The first kappa shape index (κ1) is 19.8. The Morgan fingerprint density at radius 3 is 1.78 bits per heavy atom. The molecule has 6 nitrogen and oxygen atoms in total. The van der Waals surface area contributed by atoms with E-state index < -0.39 is 0 Å². The Morgan fingerprint density at radius 2 is 1.30 bits per heavy atom. The largest absolute Gasteiger partial charge is 0.426 e. The second-order valence-electron chi connectivity index (χ2n) is 7.78. The van der Waals surface area contributed by atoms with Gasteiger partial charge in [-0.15, -0.1) is 0 Å². The molecular weight excluding hydrogens is 348 g/mol. The Kier molecular flexibility index (Phi) is 6.50. The zero-order valence-corrected chi connectivity index (χ0v) is 15.7. The van der Waals surface area contributed by atoms with E-state index >= 15 is 0 Å². The maximum Gasteiger partial charge on any atom is 0.314 e. The van der Waals surface area contributed by atoms with Crippen LogP contribution in [0, 0.1) is 18.8 Å². The van der Waals surface area contributed by atoms with Crippen LogP contribution in [0.15, 0.2) is 18.2 Å². The quantitative estimate of drug-likeness (QED) is 0.620. The van der Waals surface area contributed by atoms with Gasteiger partial charge in [0.15, 0.2) is 0 Å². The van der Waals surface area contributed by atoms with Crippen LogP contribution in [0.2, 0.25) is 0 Å². The number of hydrogen-bond acceptors (Lipinski definition) is 6. The standard InChI is InChI=1S/C21H28O6/c1-13-12-18(26-20(24)14-2-6-16(22)7-3-14)10-11-19(13)27-21(25)15-4-8-17(23)9-5-15/h10-12,14-17,22-23H,2-9H2,1H3. The maximum absolute atomic E-state index is 12.3. The summed E-state index contributed by atoms with van der Waals surface area (Å²) in [5.74, 6) is 0.0121. The minimum atomic E-state index is -0.308. The van der Waals surface area contributed by atoms with E-state index in [-0.39, 0.29) is 36.0 Å². The summed E-state index contributed by atoms with van der Waals surface area (Å²) in [6, 6.07) is 4.98. The van der Waals surface area contributed by atoms with Crippen LogP contribution >= 0.6 is 0 Å². The Hall–Kier alpha value is -1.92. The Balaban J connectivity index is 1.55. The lowest BCUT2D eigenvalue weighted by atomic mass is 9.87. The van der Waals surface area contributed by atoms with Crippen LogP contribution in [-0.4, -0.2) is 34.4 Å². The van der Waals surface area contributed by atoms with E-state index in [0.717, 1.165) is 5.56 Å². The summed E-state index contributed by atoms with van der Waals surface area (Å²) < 4.78 is 11.0. The summed E-state index contributed by atoms with van der Waals surface area (Å²) >= 11 is 0. The molecule has 2 aliphatic carbocycles. The van der Waals surface area contributed by atoms with E-state index in [0.29, 0.717) is 62.9 Å². The van der Waals surface area contributed by atoms with E-state index in [1.165, 1.54) is 0 Å². The first-order valence-electron chi connectivity index (χ1n) is 9.82. The second kappa shape index (κ2) is 8.85. The van der Waals surface area contributed by atoms with Gasteiger partial charge in [0, 0.05) is 0 Å². The van der Waals surface area contributed by atoms with Gasteiger partial charge in [-0.2, -0.15) is 0 Å². The SMILES string of the molecule is Cc1cc(OC(=O)C2CCC(O)CC2)ccc1OC(=O)C1CCC(O)CC1. The number of hydrogen-bond donors (Lipinski definition) is 2. The predicted octanol–water partition coefficient (Wildman–Crippen LogP) is 2.91. The highest BCUT2D eigenvalue weighted by Crippen LogP contribution is 2.30. The van der Waals surface area contributed by atoms with Crippen molar-refractivity contribution in [2.75, 3.05) is 0 Å². The fraction of sp³-hybridized carbons (Fsp3) is 0.619. The molecule has 0 saturated heterocycles. The topological polar surface area (TPSA) is 93.1 Å². The zero-order chi connectivity index (χ0) is 19.4. The zero-order valence-electron chi connectivity index (χ0n) is 15.7. The predicted molar refractivity (Wildman–Crippen MR) is 98.4 cm³/mol. The van der Waals surface area contributed by atoms with E-state index in [9.17, 15) is 19.8 Å². The van der Waals surface area contributed by atoms with Crippen molar-refractivity contribution in [1.29, 1.82) is 0 Å². The monoisotopic (exact) mass is 376 g/mol. The van der Waals surface area contributed by atoms with Crippen LogP contribution in [0.5, 0.6) is 11.5 Å². The highest BCUT2D eigenvalue weighted by atomic mass is 16.5. The number of rotatable bonds is 4. The van der Waals surface area contributed by atoms with Gasteiger partial charge in [-0.1, -0.05) is 0 Å². The lowest BCUT2D eigenvalue weighted by molar-refractivity contribution is -0.141. The smallest absolute Gasteiger partial charge is 0.314 e. The molecule has 1 aromatic rings. The second-order valence-corrected chi connectivity index (χ2v) is 7.78. The van der Waals surface area contributed by atoms with E-state index in [4.69, 9.17) is 9.47 Å². The van der Waals surface area contributed by atoms with Gasteiger partial charge in [0.2, 0.25) is 0 Å². The van der Waals surface area contributed by atoms with Gasteiger partial charge in [0.05, 0.1) is 24.0 Å². The maximum atomic E-state index is 12.3. The average molecular weight is 376 g/mol. The van der Waals surface area contributed by atoms with Gasteiger partial charge in [-0.3, -0.25) is 9.59 Å². The van der Waals surface area contributed by atoms with Crippen molar-refractivity contribution in [3.63, 3.8) is 0 Å². The third kappa shape index (κ3) is 5.30. The van der Waals surface area contributed by atoms with Crippen molar-refractivity contribution in [2.45, 2.75) is 70.5 Å². The number of carbonyl (C=O) groups excluding carboxylic acids is 2. The van der Waals surface area contributed by atoms with Crippen LogP contribution in [0.4, 0.5) is 0 Å². The molecule has 0 unspecified atom stereocenters. The first-order chi connectivity index (χ1) is 12.9. The van der Waals surface area contributed by atoms with E-state index in [2.05, 4.69) is 0 Å². The van der Waals surface area contributed by atoms with Crippen molar-refractivity contribution in [3.8, 4) is 11.5 Å². The van der Waals surface area contributed by atoms with Gasteiger partial charge < -0.3 is 19.7 Å². The molecule has 0 heterocycles. The Labute approximate surface area is 159 Å². The van der Waals surface area contributed by atoms with Gasteiger partial charge in [0.25, 0.3) is 0 Å². The summed E-state index contributed by atoms with van der Waals surface area (Å²) in [7, 11) is 0. The number of aliphatic hydroxyl groups is 2. The summed E-state index contributed by atoms with van der Waals surface area (Å²) in [4.78, 5) is 24.6. The molecule has 0 aliphatic heterocycles. The fourth-order valence-electron chi connectivity index (χ4n) is 3.81. The molecule has 1 aromatic carbocycles. The molecule has 148 valence electrons. The number of aliphatic hydroxyl groups excluding tert-OH is 2. The lowest BCUT2D eigenvalue weighted by Crippen LogP contribution is -2.28. The van der Waals surface area contributed by atoms with Crippen LogP contribution in [-0.2, 0) is 9.59 Å². The number of esters is 2. The molecule has 0 spiro atoms. The lowest BCUT2D eigenvalue weighted by Gasteiger charge is -2.24. The molecular formula is C21H28O6. The fourth-order valence-corrected chi connectivity index (χ4v) is 3.81. The third-order valence-corrected chi connectivity index (χ3v) is 5.64. The molecule has 3 rings (SSSR count). The minimum absolute atomic E-state index is 0.173. The molecule has 0 amide bonds. The van der Waals surface area contributed by atoms with Crippen LogP contribution < -0.4 is 9.47 Å².